The lowest BCUT2D eigenvalue weighted by Crippen LogP contribution is -2.25. The van der Waals surface area contributed by atoms with Crippen molar-refractivity contribution in [3.05, 3.63) is 36.5 Å². The van der Waals surface area contributed by atoms with E-state index in [2.05, 4.69) is 52.7 Å². The van der Waals surface area contributed by atoms with Gasteiger partial charge in [-0.15, -0.1) is 0 Å². The number of unbranched alkanes of at least 4 members (excludes halogenated alkanes) is 5. The van der Waals surface area contributed by atoms with Crippen LogP contribution in [0, 0.1) is 0 Å². The molecular weight excluding hydrogens is 397 g/mol. The largest absolute Gasteiger partial charge is 0.480 e. The van der Waals surface area contributed by atoms with E-state index in [9.17, 15) is 9.36 Å². The van der Waals surface area contributed by atoms with Gasteiger partial charge in [-0.25, -0.2) is 8.54 Å². The van der Waals surface area contributed by atoms with Crippen molar-refractivity contribution in [1.82, 2.24) is 5.32 Å². The number of carbonyl (C=O) groups excluding carboxylic acids is 1. The van der Waals surface area contributed by atoms with Gasteiger partial charge in [0, 0.05) is 30.8 Å². The van der Waals surface area contributed by atoms with Crippen molar-refractivity contribution in [2.45, 2.75) is 71.1 Å². The Labute approximate surface area is 174 Å². The summed E-state index contributed by atoms with van der Waals surface area (Å²) in [6.45, 7) is 2.54. The molecule has 0 bridgehead atoms. The van der Waals surface area contributed by atoms with Crippen molar-refractivity contribution in [3.8, 4) is 0 Å². The molecule has 0 spiro atoms. The second-order valence-corrected chi connectivity index (χ2v) is 8.59. The Kier molecular flexibility index (Phi) is 18.9. The van der Waals surface area contributed by atoms with Crippen molar-refractivity contribution in [2.24, 2.45) is 0 Å². The Morgan fingerprint density at radius 3 is 2.11 bits per heavy atom. The summed E-state index contributed by atoms with van der Waals surface area (Å²) in [7, 11) is -4.44. The molecule has 0 saturated carbocycles. The highest BCUT2D eigenvalue weighted by atomic mass is 32.2. The molecule has 0 rings (SSSR count). The third-order valence-corrected chi connectivity index (χ3v) is 5.27. The predicted molar refractivity (Wildman–Crippen MR) is 118 cm³/mol. The van der Waals surface area contributed by atoms with Crippen molar-refractivity contribution < 1.29 is 23.1 Å². The van der Waals surface area contributed by atoms with Crippen molar-refractivity contribution in [1.29, 1.82) is 0 Å². The zero-order valence-electron chi connectivity index (χ0n) is 16.9. The van der Waals surface area contributed by atoms with Gasteiger partial charge in [-0.3, -0.25) is 4.79 Å². The van der Waals surface area contributed by atoms with Crippen LogP contribution in [0.15, 0.2) is 36.5 Å². The molecule has 0 aliphatic carbocycles. The lowest BCUT2D eigenvalue weighted by atomic mass is 10.1. The molecule has 0 unspecified atom stereocenters. The minimum Gasteiger partial charge on any atom is -0.355 e. The van der Waals surface area contributed by atoms with Gasteiger partial charge >= 0.3 is 7.82 Å². The number of rotatable bonds is 18. The van der Waals surface area contributed by atoms with Crippen LogP contribution in [0.25, 0.3) is 0 Å². The highest BCUT2D eigenvalue weighted by Gasteiger charge is 2.13. The Morgan fingerprint density at radius 2 is 1.54 bits per heavy atom. The molecule has 1 amide bonds. The molecule has 6 nitrogen and oxygen atoms in total. The van der Waals surface area contributed by atoms with Crippen LogP contribution in [-0.2, 0) is 13.3 Å². The molecule has 0 heterocycles. The molecule has 162 valence electrons. The van der Waals surface area contributed by atoms with Crippen LogP contribution in [0.2, 0.25) is 0 Å². The topological polar surface area (TPSA) is 95.9 Å². The van der Waals surface area contributed by atoms with Gasteiger partial charge in [-0.2, -0.15) is 0 Å². The fourth-order valence-corrected chi connectivity index (χ4v) is 3.30. The van der Waals surface area contributed by atoms with Gasteiger partial charge in [0.05, 0.1) is 0 Å². The molecule has 28 heavy (non-hydrogen) atoms. The average molecular weight is 434 g/mol. The number of amides is 1. The van der Waals surface area contributed by atoms with Gasteiger partial charge in [-0.1, -0.05) is 56.2 Å². The summed E-state index contributed by atoms with van der Waals surface area (Å²) in [5.41, 5.74) is 0. The van der Waals surface area contributed by atoms with Gasteiger partial charge in [0.25, 0.3) is 0 Å². The third-order valence-electron chi connectivity index (χ3n) is 3.70. The molecule has 0 aromatic heterocycles. The predicted octanol–water partition coefficient (Wildman–Crippen LogP) is 5.45. The quantitative estimate of drug-likeness (QED) is 0.115. The molecule has 0 aliphatic heterocycles. The lowest BCUT2D eigenvalue weighted by Gasteiger charge is -2.05. The van der Waals surface area contributed by atoms with Crippen molar-refractivity contribution in [3.63, 3.8) is 0 Å². The van der Waals surface area contributed by atoms with Gasteiger partial charge < -0.3 is 15.1 Å². The Bertz CT molecular complexity index is 517. The third kappa shape index (κ3) is 23.2. The summed E-state index contributed by atoms with van der Waals surface area (Å²) < 4.78 is 14.7. The van der Waals surface area contributed by atoms with Gasteiger partial charge in [-0.05, 0) is 44.9 Å². The first-order valence-corrected chi connectivity index (χ1v) is 12.5. The van der Waals surface area contributed by atoms with E-state index in [-0.39, 0.29) is 5.91 Å². The van der Waals surface area contributed by atoms with E-state index < -0.39 is 7.82 Å². The van der Waals surface area contributed by atoms with E-state index in [1.807, 2.05) is 0 Å². The normalized spacial score (nSPS) is 12.5. The van der Waals surface area contributed by atoms with Crippen LogP contribution in [-0.4, -0.2) is 28.0 Å². The molecule has 0 radical (unpaired) electrons. The van der Waals surface area contributed by atoms with Gasteiger partial charge in [0.15, 0.2) is 0 Å². The van der Waals surface area contributed by atoms with Gasteiger partial charge in [0.1, 0.15) is 0 Å². The van der Waals surface area contributed by atoms with Crippen LogP contribution in [0.5, 0.6) is 0 Å². The zero-order valence-corrected chi connectivity index (χ0v) is 18.6. The number of phosphoric acid groups is 1. The van der Waals surface area contributed by atoms with E-state index in [4.69, 9.17) is 9.79 Å². The summed E-state index contributed by atoms with van der Waals surface area (Å²) in [6, 6.07) is 0. The van der Waals surface area contributed by atoms with Crippen LogP contribution < -0.4 is 5.32 Å². The maximum absolute atomic E-state index is 11.6. The fraction of sp³-hybridized carbons (Fsp3) is 0.650. The molecule has 8 heteroatoms. The molecule has 0 saturated heterocycles. The standard InChI is InChI=1S/C20H36NO5PS/c1-2-3-4-5-6-7-8-9-10-11-12-13-14-15-16-17-20(22)21-18-19-28-26-27(23,24)25/h6-7,9-10,12-13H,2-5,8,11,14-19H2,1H3,(H,21,22)(H2,23,24,25). The fourth-order valence-electron chi connectivity index (χ4n) is 2.26. The molecule has 0 aromatic rings. The van der Waals surface area contributed by atoms with E-state index >= 15 is 0 Å². The first-order valence-electron chi connectivity index (χ1n) is 10.0. The number of carbonyl (C=O) groups is 1. The number of allylic oxidation sites excluding steroid dienone is 6. The summed E-state index contributed by atoms with van der Waals surface area (Å²) in [4.78, 5) is 28.6. The van der Waals surface area contributed by atoms with Gasteiger partial charge in [0.2, 0.25) is 5.91 Å². The van der Waals surface area contributed by atoms with E-state index in [1.54, 1.807) is 0 Å². The molecule has 3 N–H and O–H groups in total. The summed E-state index contributed by atoms with van der Waals surface area (Å²) in [5.74, 6) is 0.244. The van der Waals surface area contributed by atoms with Crippen LogP contribution in [0.4, 0.5) is 0 Å². The second-order valence-electron chi connectivity index (χ2n) is 6.36. The highest BCUT2D eigenvalue weighted by Crippen LogP contribution is 2.40. The first kappa shape index (κ1) is 27.1. The number of hydrogen-bond donors (Lipinski definition) is 3. The first-order chi connectivity index (χ1) is 13.5. The lowest BCUT2D eigenvalue weighted by molar-refractivity contribution is -0.121. The Morgan fingerprint density at radius 1 is 0.964 bits per heavy atom. The average Bonchev–Trinajstić information content (AvgIpc) is 2.63. The minimum atomic E-state index is -4.44. The van der Waals surface area contributed by atoms with Crippen LogP contribution in [0.1, 0.15) is 71.1 Å². The summed E-state index contributed by atoms with van der Waals surface area (Å²) in [5, 5.41) is 2.69. The van der Waals surface area contributed by atoms with E-state index in [1.165, 1.54) is 25.7 Å². The van der Waals surface area contributed by atoms with E-state index in [0.717, 1.165) is 32.1 Å². The van der Waals surface area contributed by atoms with Crippen molar-refractivity contribution in [2.75, 3.05) is 12.3 Å². The molecule has 0 aliphatic rings. The maximum Gasteiger partial charge on any atom is 0.480 e. The zero-order chi connectivity index (χ0) is 20.9. The smallest absolute Gasteiger partial charge is 0.355 e. The SMILES string of the molecule is CCCCCC=CCC=CCC=CCCCCC(=O)NCCSOP(=O)(O)O. The van der Waals surface area contributed by atoms with E-state index in [0.29, 0.717) is 30.8 Å². The van der Waals surface area contributed by atoms with Crippen molar-refractivity contribution >= 4 is 25.8 Å². The summed E-state index contributed by atoms with van der Waals surface area (Å²) in [6.07, 6.45) is 23.4. The van der Waals surface area contributed by atoms with Crippen LogP contribution in [0.3, 0.4) is 0 Å². The highest BCUT2D eigenvalue weighted by molar-refractivity contribution is 7.97. The molecular formula is C20H36NO5PS. The monoisotopic (exact) mass is 433 g/mol. The number of hydrogen-bond acceptors (Lipinski definition) is 4. The number of nitrogens with one attached hydrogen (secondary N) is 1. The maximum atomic E-state index is 11.6. The summed E-state index contributed by atoms with van der Waals surface area (Å²) >= 11 is 0.655. The molecule has 0 fully saturated rings. The van der Waals surface area contributed by atoms with Crippen LogP contribution >= 0.6 is 19.9 Å². The minimum absolute atomic E-state index is 0.0496. The Balaban J connectivity index is 3.44. The molecule has 0 atom stereocenters. The second kappa shape index (κ2) is 19.5. The molecule has 0 aromatic carbocycles. The Hall–Kier alpha value is -0.850.